The van der Waals surface area contributed by atoms with Crippen molar-refractivity contribution in [3.63, 3.8) is 0 Å². The molecule has 2 amide bonds. The summed E-state index contributed by atoms with van der Waals surface area (Å²) in [4.78, 5) is 25.6. The van der Waals surface area contributed by atoms with Crippen LogP contribution in [0.2, 0.25) is 5.02 Å². The molecule has 2 fully saturated rings. The number of carbonyl (C=O) groups excluding carboxylic acids is 2. The van der Waals surface area contributed by atoms with Crippen molar-refractivity contribution in [2.24, 2.45) is 0 Å². The lowest BCUT2D eigenvalue weighted by atomic mass is 9.92. The first-order valence-electron chi connectivity index (χ1n) is 12.4. The number of nitrogens with zero attached hydrogens (tertiary/aromatic N) is 1. The number of amides is 2. The van der Waals surface area contributed by atoms with Gasteiger partial charge in [0.25, 0.3) is 5.91 Å². The van der Waals surface area contributed by atoms with Gasteiger partial charge in [0.15, 0.2) is 0 Å². The van der Waals surface area contributed by atoms with Gasteiger partial charge in [0.2, 0.25) is 15.9 Å². The molecule has 0 radical (unpaired) electrons. The van der Waals surface area contributed by atoms with Crippen LogP contribution in [0.5, 0.6) is 0 Å². The Morgan fingerprint density at radius 2 is 1.67 bits per heavy atom. The molecule has 0 spiro atoms. The number of halogens is 1. The number of hydrogen-bond donors (Lipinski definition) is 3. The maximum atomic E-state index is 13.6. The number of benzene rings is 2. The lowest BCUT2D eigenvalue weighted by Crippen LogP contribution is -2.48. The minimum Gasteiger partial charge on any atom is -0.391 e. The van der Waals surface area contributed by atoms with Gasteiger partial charge < -0.3 is 15.7 Å². The van der Waals surface area contributed by atoms with Crippen molar-refractivity contribution in [3.05, 3.63) is 64.7 Å². The third-order valence-electron chi connectivity index (χ3n) is 6.87. The minimum absolute atomic E-state index is 0.0215. The summed E-state index contributed by atoms with van der Waals surface area (Å²) in [5.74, 6) is -0.589. The minimum atomic E-state index is -4.01. The average Bonchev–Trinajstić information content (AvgIpc) is 3.08. The van der Waals surface area contributed by atoms with Gasteiger partial charge in [-0.15, -0.1) is 0 Å². The van der Waals surface area contributed by atoms with E-state index in [1.54, 1.807) is 24.3 Å². The summed E-state index contributed by atoms with van der Waals surface area (Å²) in [7, 11) is -4.01. The van der Waals surface area contributed by atoms with Crippen LogP contribution in [-0.2, 0) is 21.4 Å². The highest BCUT2D eigenvalue weighted by Crippen LogP contribution is 2.26. The van der Waals surface area contributed by atoms with E-state index >= 15 is 0 Å². The molecule has 10 heteroatoms. The van der Waals surface area contributed by atoms with Crippen molar-refractivity contribution in [2.45, 2.75) is 74.6 Å². The molecule has 3 N–H and O–H groups in total. The second-order valence-corrected chi connectivity index (χ2v) is 11.8. The van der Waals surface area contributed by atoms with Crippen LogP contribution in [0.4, 0.5) is 0 Å². The second kappa shape index (κ2) is 11.7. The molecule has 2 aliphatic rings. The number of rotatable bonds is 7. The van der Waals surface area contributed by atoms with Gasteiger partial charge in [0.1, 0.15) is 6.04 Å². The molecule has 0 aromatic heterocycles. The van der Waals surface area contributed by atoms with Crippen LogP contribution in [0.25, 0.3) is 0 Å². The van der Waals surface area contributed by atoms with Gasteiger partial charge in [-0.2, -0.15) is 4.31 Å². The van der Waals surface area contributed by atoms with Gasteiger partial charge in [-0.05, 0) is 74.1 Å². The van der Waals surface area contributed by atoms with Crippen LogP contribution in [0.3, 0.4) is 0 Å². The van der Waals surface area contributed by atoms with E-state index in [4.69, 9.17) is 11.6 Å². The SMILES string of the molecule is O=C(N[C@H]1CCCC[C@@H]1O)c1ccc(CN([C@@H]2CCCCNC2=O)S(=O)(=O)c2ccc(Cl)cc2)cc1. The zero-order chi connectivity index (χ0) is 25.7. The second-order valence-electron chi connectivity index (χ2n) is 9.44. The van der Waals surface area contributed by atoms with Crippen molar-refractivity contribution in [1.82, 2.24) is 14.9 Å². The summed E-state index contributed by atoms with van der Waals surface area (Å²) >= 11 is 5.96. The first-order valence-corrected chi connectivity index (χ1v) is 14.2. The molecule has 3 atom stereocenters. The molecule has 1 heterocycles. The van der Waals surface area contributed by atoms with E-state index in [2.05, 4.69) is 10.6 Å². The number of sulfonamides is 1. The third-order valence-corrected chi connectivity index (χ3v) is 9.00. The Morgan fingerprint density at radius 1 is 1.00 bits per heavy atom. The van der Waals surface area contributed by atoms with Crippen LogP contribution in [-0.4, -0.2) is 54.4 Å². The van der Waals surface area contributed by atoms with Crippen LogP contribution >= 0.6 is 11.6 Å². The van der Waals surface area contributed by atoms with E-state index in [1.807, 2.05) is 0 Å². The molecule has 36 heavy (non-hydrogen) atoms. The average molecular weight is 534 g/mol. The molecule has 0 bridgehead atoms. The zero-order valence-electron chi connectivity index (χ0n) is 20.0. The fourth-order valence-electron chi connectivity index (χ4n) is 4.78. The third kappa shape index (κ3) is 6.26. The Labute approximate surface area is 217 Å². The van der Waals surface area contributed by atoms with E-state index in [9.17, 15) is 23.1 Å². The lowest BCUT2D eigenvalue weighted by Gasteiger charge is -2.29. The molecule has 4 rings (SSSR count). The molecule has 1 saturated carbocycles. The largest absolute Gasteiger partial charge is 0.391 e. The first kappa shape index (κ1) is 26.6. The Morgan fingerprint density at radius 3 is 2.36 bits per heavy atom. The summed E-state index contributed by atoms with van der Waals surface area (Å²) in [6.07, 6.45) is 4.73. The molecule has 194 valence electrons. The number of hydrogen-bond acceptors (Lipinski definition) is 5. The molecule has 0 unspecified atom stereocenters. The highest BCUT2D eigenvalue weighted by molar-refractivity contribution is 7.89. The van der Waals surface area contributed by atoms with E-state index in [0.717, 1.165) is 32.1 Å². The molecular formula is C26H32ClN3O5S. The van der Waals surface area contributed by atoms with Crippen LogP contribution < -0.4 is 10.6 Å². The fraction of sp³-hybridized carbons (Fsp3) is 0.462. The van der Waals surface area contributed by atoms with Crippen LogP contribution in [0.15, 0.2) is 53.4 Å². The Kier molecular flexibility index (Phi) is 8.66. The molecule has 1 aliphatic carbocycles. The maximum absolute atomic E-state index is 13.6. The van der Waals surface area contributed by atoms with Crippen LogP contribution in [0, 0.1) is 0 Å². The number of aliphatic hydroxyl groups excluding tert-OH is 1. The quantitative estimate of drug-likeness (QED) is 0.505. The molecule has 2 aromatic carbocycles. The predicted molar refractivity (Wildman–Crippen MR) is 137 cm³/mol. The molecule has 1 saturated heterocycles. The van der Waals surface area contributed by atoms with Gasteiger partial charge in [-0.25, -0.2) is 8.42 Å². The molecular weight excluding hydrogens is 502 g/mol. The summed E-state index contributed by atoms with van der Waals surface area (Å²) < 4.78 is 28.5. The van der Waals surface area contributed by atoms with Crippen molar-refractivity contribution in [2.75, 3.05) is 6.54 Å². The smallest absolute Gasteiger partial charge is 0.251 e. The highest BCUT2D eigenvalue weighted by atomic mass is 35.5. The Hall–Kier alpha value is -2.46. The summed E-state index contributed by atoms with van der Waals surface area (Å²) in [5, 5.41) is 16.3. The predicted octanol–water partition coefficient (Wildman–Crippen LogP) is 3.23. The summed E-state index contributed by atoms with van der Waals surface area (Å²) in [6, 6.07) is 11.5. The van der Waals surface area contributed by atoms with E-state index in [0.29, 0.717) is 35.5 Å². The number of aliphatic hydroxyl groups is 1. The van der Waals surface area contributed by atoms with Gasteiger partial charge >= 0.3 is 0 Å². The standard InChI is InChI=1S/C26H32ClN3O5S/c27-20-12-14-21(15-13-20)36(34,35)30(23-6-3-4-16-28-26(23)33)17-18-8-10-19(11-9-18)25(32)29-22-5-1-2-7-24(22)31/h8-15,22-24,31H,1-7,16-17H2,(H,28,33)(H,29,32)/t22-,23+,24-/m0/s1. The van der Waals surface area contributed by atoms with E-state index < -0.39 is 22.2 Å². The summed E-state index contributed by atoms with van der Waals surface area (Å²) in [6.45, 7) is 0.496. The van der Waals surface area contributed by atoms with Gasteiger partial charge in [0.05, 0.1) is 17.0 Å². The normalized spacial score (nSPS) is 23.1. The molecule has 1 aliphatic heterocycles. The van der Waals surface area contributed by atoms with Gasteiger partial charge in [-0.1, -0.05) is 36.6 Å². The molecule has 8 nitrogen and oxygen atoms in total. The fourth-order valence-corrected chi connectivity index (χ4v) is 6.51. The lowest BCUT2D eigenvalue weighted by molar-refractivity contribution is -0.124. The summed E-state index contributed by atoms with van der Waals surface area (Å²) in [5.41, 5.74) is 1.08. The maximum Gasteiger partial charge on any atom is 0.251 e. The topological polar surface area (TPSA) is 116 Å². The molecule has 2 aromatic rings. The van der Waals surface area contributed by atoms with Crippen molar-refractivity contribution >= 4 is 33.4 Å². The first-order chi connectivity index (χ1) is 17.3. The van der Waals surface area contributed by atoms with Crippen molar-refractivity contribution in [3.8, 4) is 0 Å². The Balaban J connectivity index is 1.56. The Bertz CT molecular complexity index is 1170. The van der Waals surface area contributed by atoms with Crippen molar-refractivity contribution < 1.29 is 23.1 Å². The number of carbonyl (C=O) groups is 2. The van der Waals surface area contributed by atoms with Gasteiger partial charge in [-0.3, -0.25) is 9.59 Å². The monoisotopic (exact) mass is 533 g/mol. The zero-order valence-corrected chi connectivity index (χ0v) is 21.6. The van der Waals surface area contributed by atoms with Crippen LogP contribution in [0.1, 0.15) is 60.9 Å². The highest BCUT2D eigenvalue weighted by Gasteiger charge is 2.36. The number of nitrogens with one attached hydrogen (secondary N) is 2. The van der Waals surface area contributed by atoms with E-state index in [1.165, 1.54) is 28.6 Å². The van der Waals surface area contributed by atoms with E-state index in [-0.39, 0.29) is 29.3 Å². The van der Waals surface area contributed by atoms with Crippen molar-refractivity contribution in [1.29, 1.82) is 0 Å². The van der Waals surface area contributed by atoms with Gasteiger partial charge in [0, 0.05) is 23.7 Å².